The molecule has 0 bridgehead atoms. The molecule has 0 saturated carbocycles. The summed E-state index contributed by atoms with van der Waals surface area (Å²) in [7, 11) is 0. The zero-order valence-corrected chi connectivity index (χ0v) is 12.0. The lowest BCUT2D eigenvalue weighted by atomic mass is 10.1. The van der Waals surface area contributed by atoms with E-state index in [1.54, 1.807) is 6.92 Å². The van der Waals surface area contributed by atoms with E-state index < -0.39 is 5.97 Å². The molecule has 0 radical (unpaired) electrons. The summed E-state index contributed by atoms with van der Waals surface area (Å²) in [6, 6.07) is 5.77. The van der Waals surface area contributed by atoms with E-state index >= 15 is 0 Å². The van der Waals surface area contributed by atoms with Crippen LogP contribution in [-0.4, -0.2) is 32.0 Å². The molecule has 0 aliphatic heterocycles. The maximum atomic E-state index is 12.0. The van der Waals surface area contributed by atoms with Crippen LogP contribution in [-0.2, 0) is 11.3 Å². The topological polar surface area (TPSA) is 97.1 Å². The standard InChI is InChI=1S/C14H16N4O3/c1-8-4-5-9(2)11(6-8)15-12(19)7-18-10(3)13(14(20)21)16-17-18/h4-6H,7H2,1-3H3,(H,15,19)(H,20,21). The fourth-order valence-corrected chi connectivity index (χ4v) is 1.90. The number of amides is 1. The van der Waals surface area contributed by atoms with Gasteiger partial charge in [-0.25, -0.2) is 9.48 Å². The molecule has 1 amide bonds. The van der Waals surface area contributed by atoms with E-state index in [9.17, 15) is 9.59 Å². The molecule has 0 fully saturated rings. The highest BCUT2D eigenvalue weighted by molar-refractivity contribution is 5.91. The van der Waals surface area contributed by atoms with Crippen molar-refractivity contribution in [2.45, 2.75) is 27.3 Å². The first-order valence-corrected chi connectivity index (χ1v) is 6.39. The second kappa shape index (κ2) is 5.74. The number of rotatable bonds is 4. The van der Waals surface area contributed by atoms with Crippen molar-refractivity contribution < 1.29 is 14.7 Å². The predicted molar refractivity (Wildman–Crippen MR) is 76.3 cm³/mol. The van der Waals surface area contributed by atoms with Crippen LogP contribution in [0.1, 0.15) is 27.3 Å². The van der Waals surface area contributed by atoms with Gasteiger partial charge in [-0.3, -0.25) is 4.79 Å². The van der Waals surface area contributed by atoms with Gasteiger partial charge in [0.15, 0.2) is 5.69 Å². The first kappa shape index (κ1) is 14.7. The molecule has 0 unspecified atom stereocenters. The summed E-state index contributed by atoms with van der Waals surface area (Å²) in [6.45, 7) is 5.32. The quantitative estimate of drug-likeness (QED) is 0.889. The lowest BCUT2D eigenvalue weighted by Crippen LogP contribution is -2.21. The molecular formula is C14H16N4O3. The number of aromatic carboxylic acids is 1. The highest BCUT2D eigenvalue weighted by Crippen LogP contribution is 2.16. The van der Waals surface area contributed by atoms with Crippen LogP contribution in [0.5, 0.6) is 0 Å². The van der Waals surface area contributed by atoms with Crippen molar-refractivity contribution in [3.05, 3.63) is 40.7 Å². The number of carbonyl (C=O) groups is 2. The number of aromatic nitrogens is 3. The largest absolute Gasteiger partial charge is 0.476 e. The van der Waals surface area contributed by atoms with E-state index in [-0.39, 0.29) is 18.1 Å². The third-order valence-corrected chi connectivity index (χ3v) is 3.15. The second-order valence-corrected chi connectivity index (χ2v) is 4.85. The Bertz CT molecular complexity index is 706. The maximum absolute atomic E-state index is 12.0. The number of nitrogens with one attached hydrogen (secondary N) is 1. The van der Waals surface area contributed by atoms with Crippen molar-refractivity contribution in [2.24, 2.45) is 0 Å². The van der Waals surface area contributed by atoms with E-state index in [0.29, 0.717) is 5.69 Å². The second-order valence-electron chi connectivity index (χ2n) is 4.85. The molecule has 0 atom stereocenters. The summed E-state index contributed by atoms with van der Waals surface area (Å²) >= 11 is 0. The Balaban J connectivity index is 2.12. The Hall–Kier alpha value is -2.70. The van der Waals surface area contributed by atoms with E-state index in [4.69, 9.17) is 5.11 Å². The van der Waals surface area contributed by atoms with E-state index in [1.165, 1.54) is 4.68 Å². The molecule has 1 aromatic heterocycles. The first-order chi connectivity index (χ1) is 9.88. The highest BCUT2D eigenvalue weighted by atomic mass is 16.4. The Morgan fingerprint density at radius 1 is 1.29 bits per heavy atom. The molecule has 21 heavy (non-hydrogen) atoms. The predicted octanol–water partition coefficient (Wildman–Crippen LogP) is 1.54. The van der Waals surface area contributed by atoms with Crippen LogP contribution in [0.3, 0.4) is 0 Å². The Morgan fingerprint density at radius 3 is 2.62 bits per heavy atom. The van der Waals surface area contributed by atoms with Gasteiger partial charge in [-0.05, 0) is 38.0 Å². The molecule has 7 heteroatoms. The van der Waals surface area contributed by atoms with Crippen molar-refractivity contribution in [3.63, 3.8) is 0 Å². The smallest absolute Gasteiger partial charge is 0.358 e. The summed E-state index contributed by atoms with van der Waals surface area (Å²) in [6.07, 6.45) is 0. The number of carboxylic acids is 1. The third kappa shape index (κ3) is 3.25. The molecule has 2 aromatic rings. The molecule has 0 spiro atoms. The van der Waals surface area contributed by atoms with Gasteiger partial charge in [0.25, 0.3) is 0 Å². The van der Waals surface area contributed by atoms with Crippen LogP contribution in [0, 0.1) is 20.8 Å². The van der Waals surface area contributed by atoms with Crippen LogP contribution >= 0.6 is 0 Å². The minimum absolute atomic E-state index is 0.0838. The van der Waals surface area contributed by atoms with Crippen molar-refractivity contribution in [2.75, 3.05) is 5.32 Å². The fraction of sp³-hybridized carbons (Fsp3) is 0.286. The molecule has 2 rings (SSSR count). The summed E-state index contributed by atoms with van der Waals surface area (Å²) in [5.74, 6) is -1.44. The molecule has 2 N–H and O–H groups in total. The molecule has 1 heterocycles. The average Bonchev–Trinajstić information content (AvgIpc) is 2.75. The van der Waals surface area contributed by atoms with Gasteiger partial charge in [0.05, 0.1) is 5.69 Å². The van der Waals surface area contributed by atoms with Crippen LogP contribution in [0.2, 0.25) is 0 Å². The van der Waals surface area contributed by atoms with Gasteiger partial charge < -0.3 is 10.4 Å². The van der Waals surface area contributed by atoms with Crippen LogP contribution < -0.4 is 5.32 Å². The van der Waals surface area contributed by atoms with Crippen LogP contribution in [0.25, 0.3) is 0 Å². The molecule has 0 aliphatic rings. The van der Waals surface area contributed by atoms with Gasteiger partial charge in [0, 0.05) is 5.69 Å². The van der Waals surface area contributed by atoms with E-state index in [0.717, 1.165) is 16.8 Å². The number of aryl methyl sites for hydroxylation is 2. The Kier molecular flexibility index (Phi) is 4.02. The Labute approximate surface area is 121 Å². The third-order valence-electron chi connectivity index (χ3n) is 3.15. The number of hydrogen-bond acceptors (Lipinski definition) is 4. The molecule has 7 nitrogen and oxygen atoms in total. The first-order valence-electron chi connectivity index (χ1n) is 6.39. The molecule has 0 aliphatic carbocycles. The van der Waals surface area contributed by atoms with Gasteiger partial charge in [0.2, 0.25) is 5.91 Å². The van der Waals surface area contributed by atoms with E-state index in [2.05, 4.69) is 15.6 Å². The van der Waals surface area contributed by atoms with Gasteiger partial charge in [0.1, 0.15) is 6.54 Å². The van der Waals surface area contributed by atoms with Crippen molar-refractivity contribution in [1.82, 2.24) is 15.0 Å². The molecule has 1 aromatic carbocycles. The summed E-state index contributed by atoms with van der Waals surface area (Å²) < 4.78 is 1.27. The average molecular weight is 288 g/mol. The van der Waals surface area contributed by atoms with Gasteiger partial charge >= 0.3 is 5.97 Å². The van der Waals surface area contributed by atoms with Crippen molar-refractivity contribution in [3.8, 4) is 0 Å². The zero-order valence-electron chi connectivity index (χ0n) is 12.0. The minimum atomic E-state index is -1.16. The molecule has 0 saturated heterocycles. The Morgan fingerprint density at radius 2 is 2.00 bits per heavy atom. The fourth-order valence-electron chi connectivity index (χ4n) is 1.90. The lowest BCUT2D eigenvalue weighted by molar-refractivity contribution is -0.117. The number of nitrogens with zero attached hydrogens (tertiary/aromatic N) is 3. The normalized spacial score (nSPS) is 10.4. The summed E-state index contributed by atoms with van der Waals surface area (Å²) in [5.41, 5.74) is 2.93. The van der Waals surface area contributed by atoms with Crippen LogP contribution in [0.15, 0.2) is 18.2 Å². The SMILES string of the molecule is Cc1ccc(C)c(NC(=O)Cn2nnc(C(=O)O)c2C)c1. The highest BCUT2D eigenvalue weighted by Gasteiger charge is 2.17. The van der Waals surface area contributed by atoms with Gasteiger partial charge in [-0.1, -0.05) is 17.3 Å². The zero-order chi connectivity index (χ0) is 15.6. The minimum Gasteiger partial charge on any atom is -0.476 e. The van der Waals surface area contributed by atoms with Gasteiger partial charge in [-0.2, -0.15) is 0 Å². The summed E-state index contributed by atoms with van der Waals surface area (Å²) in [5, 5.41) is 18.9. The molecular weight excluding hydrogens is 272 g/mol. The number of benzene rings is 1. The number of hydrogen-bond donors (Lipinski definition) is 2. The van der Waals surface area contributed by atoms with E-state index in [1.807, 2.05) is 32.0 Å². The number of carboxylic acid groups (broad SMARTS) is 1. The molecule has 110 valence electrons. The van der Waals surface area contributed by atoms with Gasteiger partial charge in [-0.15, -0.1) is 5.10 Å². The number of carbonyl (C=O) groups excluding carboxylic acids is 1. The van der Waals surface area contributed by atoms with Crippen molar-refractivity contribution in [1.29, 1.82) is 0 Å². The maximum Gasteiger partial charge on any atom is 0.358 e. The van der Waals surface area contributed by atoms with Crippen LogP contribution in [0.4, 0.5) is 5.69 Å². The summed E-state index contributed by atoms with van der Waals surface area (Å²) in [4.78, 5) is 22.9. The number of anilines is 1. The lowest BCUT2D eigenvalue weighted by Gasteiger charge is -2.09. The monoisotopic (exact) mass is 288 g/mol. The van der Waals surface area contributed by atoms with Crippen molar-refractivity contribution >= 4 is 17.6 Å².